The van der Waals surface area contributed by atoms with Gasteiger partial charge in [0, 0.05) is 13.7 Å². The highest BCUT2D eigenvalue weighted by molar-refractivity contribution is 5.32. The number of aliphatic hydroxyl groups is 4. The molecule has 5 aliphatic carbocycles. The summed E-state index contributed by atoms with van der Waals surface area (Å²) < 4.78 is 18.5. The predicted octanol–water partition coefficient (Wildman–Crippen LogP) is 6.77. The van der Waals surface area contributed by atoms with Gasteiger partial charge in [0.05, 0.1) is 56.3 Å². The number of hydrogen-bond donors (Lipinski definition) is 4. The summed E-state index contributed by atoms with van der Waals surface area (Å²) in [6, 6.07) is 0.532. The molecule has 0 radical (unpaired) electrons. The summed E-state index contributed by atoms with van der Waals surface area (Å²) in [6.07, 6.45) is 26.0. The molecule has 0 aromatic rings. The molecule has 7 aliphatic rings. The lowest BCUT2D eigenvalue weighted by molar-refractivity contribution is -0.253. The van der Waals surface area contributed by atoms with Crippen molar-refractivity contribution < 1.29 is 34.6 Å². The summed E-state index contributed by atoms with van der Waals surface area (Å²) >= 11 is 0. The number of morpholine rings is 1. The molecule has 302 valence electrons. The van der Waals surface area contributed by atoms with Crippen LogP contribution in [0.1, 0.15) is 127 Å². The van der Waals surface area contributed by atoms with Gasteiger partial charge in [0.25, 0.3) is 0 Å². The number of ether oxygens (including phenoxy) is 3. The fraction of sp³-hybridized carbons (Fsp3) is 0.909. The maximum Gasteiger partial charge on any atom is 0.170 e. The highest BCUT2D eigenvalue weighted by Crippen LogP contribution is 2.89. The van der Waals surface area contributed by atoms with Gasteiger partial charge in [0.2, 0.25) is 0 Å². The van der Waals surface area contributed by atoms with E-state index in [0.29, 0.717) is 47.0 Å². The molecule has 4 N–H and O–H groups in total. The number of aliphatic hydroxyl groups excluding tert-OH is 3. The molecule has 5 unspecified atom stereocenters. The molecule has 0 amide bonds. The van der Waals surface area contributed by atoms with Crippen LogP contribution in [0, 0.1) is 76.9 Å². The molecule has 0 aromatic carbocycles. The lowest BCUT2D eigenvalue weighted by Gasteiger charge is -2.59. The zero-order chi connectivity index (χ0) is 38.6. The maximum absolute atomic E-state index is 11.5. The van der Waals surface area contributed by atoms with Gasteiger partial charge in [-0.15, -0.1) is 25.7 Å². The Morgan fingerprint density at radius 3 is 2.15 bits per heavy atom. The highest BCUT2D eigenvalue weighted by Gasteiger charge is 2.84. The van der Waals surface area contributed by atoms with E-state index in [9.17, 15) is 15.3 Å². The van der Waals surface area contributed by atoms with Crippen LogP contribution in [0.4, 0.5) is 0 Å². The van der Waals surface area contributed by atoms with E-state index in [1.165, 1.54) is 32.1 Å². The lowest BCUT2D eigenvalue weighted by Crippen LogP contribution is -2.58. The highest BCUT2D eigenvalue weighted by atomic mass is 16.7. The monoisotopic (exact) mass is 734 g/mol. The quantitative estimate of drug-likeness (QED) is 0.203. The molecule has 7 rings (SSSR count). The Labute approximate surface area is 319 Å². The SMILES string of the molecule is C.C#C.C#C.CC.CO.C[C@@H]1C23CC[C@H](OC4CN(C5COC5)CCO4)C(C)(C)C2CC[C@H]2C4C[C@@H](O)C(CCC[C@H](O)C(C)(C)O)[C@@]4(C)CC[C@]123. The average molecular weight is 734 g/mol. The molecule has 8 heteroatoms. The van der Waals surface area contributed by atoms with E-state index in [1.54, 1.807) is 13.8 Å². The van der Waals surface area contributed by atoms with Crippen molar-refractivity contribution in [3.63, 3.8) is 0 Å². The normalized spacial score (nSPS) is 41.8. The molecule has 2 aliphatic heterocycles. The van der Waals surface area contributed by atoms with Crippen molar-refractivity contribution in [3.8, 4) is 25.7 Å². The first-order chi connectivity index (χ1) is 24.3. The Balaban J connectivity index is 0.000000976. The molecule has 2 spiro atoms. The largest absolute Gasteiger partial charge is 0.400 e. The minimum atomic E-state index is -1.07. The lowest BCUT2D eigenvalue weighted by atomic mass is 9.46. The van der Waals surface area contributed by atoms with Crippen LogP contribution < -0.4 is 0 Å². The Kier molecular flexibility index (Phi) is 16.8. The van der Waals surface area contributed by atoms with Gasteiger partial charge in [-0.2, -0.15) is 0 Å². The fourth-order valence-electron chi connectivity index (χ4n) is 13.0. The smallest absolute Gasteiger partial charge is 0.170 e. The topological polar surface area (TPSA) is 112 Å². The van der Waals surface area contributed by atoms with Crippen LogP contribution in [0.2, 0.25) is 0 Å². The summed E-state index contributed by atoms with van der Waals surface area (Å²) in [7, 11) is 1.00. The van der Waals surface area contributed by atoms with E-state index in [2.05, 4.69) is 58.3 Å². The third kappa shape index (κ3) is 7.77. The predicted molar refractivity (Wildman–Crippen MR) is 211 cm³/mol. The van der Waals surface area contributed by atoms with Crippen LogP contribution in [0.3, 0.4) is 0 Å². The Morgan fingerprint density at radius 1 is 0.942 bits per heavy atom. The van der Waals surface area contributed by atoms with Crippen LogP contribution in [-0.2, 0) is 14.2 Å². The van der Waals surface area contributed by atoms with Gasteiger partial charge >= 0.3 is 0 Å². The second kappa shape index (κ2) is 18.6. The summed E-state index contributed by atoms with van der Waals surface area (Å²) in [5.74, 6) is 3.04. The molecule has 7 fully saturated rings. The van der Waals surface area contributed by atoms with Crippen LogP contribution in [0.25, 0.3) is 0 Å². The summed E-state index contributed by atoms with van der Waals surface area (Å²) in [6.45, 7) is 21.8. The van der Waals surface area contributed by atoms with E-state index >= 15 is 0 Å². The fourth-order valence-corrected chi connectivity index (χ4v) is 13.0. The summed E-state index contributed by atoms with van der Waals surface area (Å²) in [5.41, 5.74) is 0.0720. The van der Waals surface area contributed by atoms with E-state index < -0.39 is 11.7 Å². The zero-order valence-electron chi connectivity index (χ0n) is 33.7. The van der Waals surface area contributed by atoms with Gasteiger partial charge < -0.3 is 34.6 Å². The zero-order valence-corrected chi connectivity index (χ0v) is 33.7. The minimum absolute atomic E-state index is 0. The summed E-state index contributed by atoms with van der Waals surface area (Å²) in [5, 5.41) is 39.1. The first kappa shape index (κ1) is 47.0. The molecule has 52 heavy (non-hydrogen) atoms. The second-order valence-corrected chi connectivity index (χ2v) is 17.6. The molecule has 8 nitrogen and oxygen atoms in total. The first-order valence-corrected chi connectivity index (χ1v) is 20.1. The van der Waals surface area contributed by atoms with E-state index in [0.717, 1.165) is 71.6 Å². The second-order valence-electron chi connectivity index (χ2n) is 17.6. The molecule has 2 heterocycles. The molecular formula is C44H79NO7. The third-order valence-electron chi connectivity index (χ3n) is 15.5. The number of hydrogen-bond acceptors (Lipinski definition) is 8. The Bertz CT molecular complexity index is 1120. The molecule has 5 saturated carbocycles. The van der Waals surface area contributed by atoms with Gasteiger partial charge in [0.15, 0.2) is 6.29 Å². The standard InChI is InChI=1S/C36H61NO6.C2H6.2C2H2.CH4O.CH4/c1-22-35-15-14-34(6)25(8-7-9-29(39)33(4,5)40)27(38)18-26(34)24(35)10-11-28-32(2,3)30(12-13-36(22,28)35)43-31-19-37(16-17-42-31)23-20-41-21-23;4*1-2;/h22-31,38-40H,7-21H2,1-6H3;1-2H3;2*1-2H;2H,1H3;1H4/t22-,24-,25?,26?,27+,28?,29-,30-,31?,34+,35-,36?;;;;;/m0...../s1. The number of nitrogens with zero attached hydrogens (tertiary/aromatic N) is 1. The van der Waals surface area contributed by atoms with Gasteiger partial charge in [-0.3, -0.25) is 4.90 Å². The number of rotatable bonds is 8. The van der Waals surface area contributed by atoms with Crippen molar-refractivity contribution in [1.29, 1.82) is 0 Å². The van der Waals surface area contributed by atoms with Crippen molar-refractivity contribution >= 4 is 0 Å². The molecule has 2 saturated heterocycles. The van der Waals surface area contributed by atoms with Gasteiger partial charge in [-0.25, -0.2) is 0 Å². The van der Waals surface area contributed by atoms with Crippen molar-refractivity contribution in [2.24, 2.45) is 51.2 Å². The number of fused-ring (bicyclic) bond motifs is 2. The van der Waals surface area contributed by atoms with Crippen LogP contribution in [-0.4, -0.2) is 102 Å². The average Bonchev–Trinajstić information content (AvgIpc) is 3.52. The summed E-state index contributed by atoms with van der Waals surface area (Å²) in [4.78, 5) is 2.51. The van der Waals surface area contributed by atoms with Gasteiger partial charge in [-0.1, -0.05) is 55.4 Å². The van der Waals surface area contributed by atoms with E-state index in [1.807, 2.05) is 13.8 Å². The van der Waals surface area contributed by atoms with Gasteiger partial charge in [-0.05, 0) is 123 Å². The molecular weight excluding hydrogens is 654 g/mol. The van der Waals surface area contributed by atoms with Crippen molar-refractivity contribution in [2.75, 3.05) is 40.0 Å². The van der Waals surface area contributed by atoms with E-state index in [4.69, 9.17) is 19.3 Å². The van der Waals surface area contributed by atoms with Crippen molar-refractivity contribution in [3.05, 3.63) is 0 Å². The third-order valence-corrected chi connectivity index (χ3v) is 15.5. The number of terminal acetylenes is 2. The minimum Gasteiger partial charge on any atom is -0.400 e. The molecule has 12 atom stereocenters. The van der Waals surface area contributed by atoms with Crippen molar-refractivity contribution in [1.82, 2.24) is 4.90 Å². The molecule has 0 bridgehead atoms. The van der Waals surface area contributed by atoms with E-state index in [-0.39, 0.29) is 36.8 Å². The van der Waals surface area contributed by atoms with Crippen LogP contribution in [0.5, 0.6) is 0 Å². The van der Waals surface area contributed by atoms with Gasteiger partial charge in [0.1, 0.15) is 0 Å². The Morgan fingerprint density at radius 2 is 1.58 bits per heavy atom. The van der Waals surface area contributed by atoms with Crippen molar-refractivity contribution in [2.45, 2.75) is 163 Å². The van der Waals surface area contributed by atoms with Crippen LogP contribution in [0.15, 0.2) is 0 Å². The Hall–Kier alpha value is -1.20. The molecule has 0 aromatic heterocycles. The first-order valence-electron chi connectivity index (χ1n) is 20.1. The van der Waals surface area contributed by atoms with Crippen LogP contribution >= 0.6 is 0 Å². The maximum atomic E-state index is 11.5.